The molecule has 5 rings (SSSR count). The predicted octanol–water partition coefficient (Wildman–Crippen LogP) is 4.35. The number of esters is 1. The number of benzene rings is 3. The molecule has 3 aromatic rings. The number of carbonyl (C=O) groups is 2. The van der Waals surface area contributed by atoms with Crippen molar-refractivity contribution >= 4 is 11.9 Å². The van der Waals surface area contributed by atoms with Crippen LogP contribution in [0.1, 0.15) is 41.4 Å². The van der Waals surface area contributed by atoms with Gasteiger partial charge in [-0.15, -0.1) is 0 Å². The van der Waals surface area contributed by atoms with E-state index in [0.29, 0.717) is 24.8 Å². The van der Waals surface area contributed by atoms with Crippen LogP contribution >= 0.6 is 0 Å². The first kappa shape index (κ1) is 23.3. The van der Waals surface area contributed by atoms with Crippen LogP contribution in [0.3, 0.4) is 0 Å². The molecule has 4 atom stereocenters. The summed E-state index contributed by atoms with van der Waals surface area (Å²) in [5, 5.41) is 3.65. The topological polar surface area (TPSA) is 58.6 Å². The Hall–Kier alpha value is -3.44. The lowest BCUT2D eigenvalue weighted by atomic mass is 9.90. The van der Waals surface area contributed by atoms with E-state index in [9.17, 15) is 9.59 Å². The molecule has 1 aliphatic carbocycles. The molecule has 1 heterocycles. The van der Waals surface area contributed by atoms with Crippen molar-refractivity contribution < 1.29 is 14.3 Å². The summed E-state index contributed by atoms with van der Waals surface area (Å²) in [6, 6.07) is 29.7. The van der Waals surface area contributed by atoms with Crippen molar-refractivity contribution in [2.45, 2.75) is 36.8 Å². The lowest BCUT2D eigenvalue weighted by Crippen LogP contribution is -2.44. The highest BCUT2D eigenvalue weighted by molar-refractivity contribution is 5.91. The number of methoxy groups -OCH3 is 1. The van der Waals surface area contributed by atoms with Crippen LogP contribution in [0.5, 0.6) is 0 Å². The van der Waals surface area contributed by atoms with Crippen molar-refractivity contribution in [3.05, 3.63) is 108 Å². The van der Waals surface area contributed by atoms with Gasteiger partial charge in [-0.3, -0.25) is 4.79 Å². The third kappa shape index (κ3) is 5.15. The molecule has 2 aliphatic rings. The summed E-state index contributed by atoms with van der Waals surface area (Å²) >= 11 is 0. The summed E-state index contributed by atoms with van der Waals surface area (Å²) in [4.78, 5) is 28.4. The number of hydrogen-bond donors (Lipinski definition) is 1. The Morgan fingerprint density at radius 3 is 2.03 bits per heavy atom. The number of nitrogens with one attached hydrogen (secondary N) is 1. The van der Waals surface area contributed by atoms with Gasteiger partial charge in [0.1, 0.15) is 6.04 Å². The predicted molar refractivity (Wildman–Crippen MR) is 136 cm³/mol. The van der Waals surface area contributed by atoms with E-state index in [-0.39, 0.29) is 17.9 Å². The van der Waals surface area contributed by atoms with Gasteiger partial charge in [0.15, 0.2) is 0 Å². The SMILES string of the molecule is COC(=O)[C@@H]1CC(NC[C@@H]2C[C@H]2c2ccccc2)CN1C(=O)C(c1ccccc1)c1ccccc1. The summed E-state index contributed by atoms with van der Waals surface area (Å²) in [6.07, 6.45) is 1.74. The molecule has 1 amide bonds. The number of likely N-dealkylation sites (tertiary alicyclic amines) is 1. The average molecular weight is 469 g/mol. The maximum absolute atomic E-state index is 14.0. The van der Waals surface area contributed by atoms with Crippen LogP contribution in [0, 0.1) is 5.92 Å². The van der Waals surface area contributed by atoms with E-state index in [0.717, 1.165) is 17.7 Å². The number of hydrogen-bond acceptors (Lipinski definition) is 4. The van der Waals surface area contributed by atoms with Crippen LogP contribution in [-0.2, 0) is 14.3 Å². The Morgan fingerprint density at radius 2 is 1.46 bits per heavy atom. The second-order valence-electron chi connectivity index (χ2n) is 9.64. The van der Waals surface area contributed by atoms with Gasteiger partial charge >= 0.3 is 5.97 Å². The Morgan fingerprint density at radius 1 is 0.886 bits per heavy atom. The van der Waals surface area contributed by atoms with Crippen molar-refractivity contribution in [1.82, 2.24) is 10.2 Å². The molecule has 0 bridgehead atoms. The van der Waals surface area contributed by atoms with Crippen molar-refractivity contribution in [1.29, 1.82) is 0 Å². The van der Waals surface area contributed by atoms with Gasteiger partial charge in [0.25, 0.3) is 0 Å². The van der Waals surface area contributed by atoms with Crippen molar-refractivity contribution in [2.24, 2.45) is 5.92 Å². The van der Waals surface area contributed by atoms with Gasteiger partial charge in [0, 0.05) is 12.6 Å². The molecule has 1 saturated heterocycles. The third-order valence-corrected chi connectivity index (χ3v) is 7.39. The Balaban J connectivity index is 1.31. The third-order valence-electron chi connectivity index (χ3n) is 7.39. The highest BCUT2D eigenvalue weighted by atomic mass is 16.5. The standard InChI is InChI=1S/C30H32N2O3/c1-35-30(34)27-18-25(31-19-24-17-26(24)21-11-5-2-6-12-21)20-32(27)29(33)28(22-13-7-3-8-14-22)23-15-9-4-10-16-23/h2-16,24-28,31H,17-20H2,1H3/t24-,25?,26-,27-/m0/s1. The molecule has 1 aliphatic heterocycles. The molecule has 5 nitrogen and oxygen atoms in total. The van der Waals surface area contributed by atoms with Crippen LogP contribution in [0.2, 0.25) is 0 Å². The second-order valence-corrected chi connectivity index (χ2v) is 9.64. The van der Waals surface area contributed by atoms with Crippen molar-refractivity contribution in [2.75, 3.05) is 20.2 Å². The fourth-order valence-electron chi connectivity index (χ4n) is 5.42. The summed E-state index contributed by atoms with van der Waals surface area (Å²) in [7, 11) is 1.40. The maximum atomic E-state index is 14.0. The Kier molecular flexibility index (Phi) is 6.96. The molecule has 1 N–H and O–H groups in total. The average Bonchev–Trinajstić information content (AvgIpc) is 3.57. The molecule has 0 aromatic heterocycles. The molecule has 0 spiro atoms. The Labute approximate surface area is 207 Å². The maximum Gasteiger partial charge on any atom is 0.328 e. The van der Waals surface area contributed by atoms with Gasteiger partial charge in [-0.25, -0.2) is 4.79 Å². The largest absolute Gasteiger partial charge is 0.467 e. The fourth-order valence-corrected chi connectivity index (χ4v) is 5.42. The van der Waals surface area contributed by atoms with Gasteiger partial charge in [0.05, 0.1) is 13.0 Å². The number of carbonyl (C=O) groups excluding carboxylic acids is 2. The number of nitrogens with zero attached hydrogens (tertiary/aromatic N) is 1. The molecule has 0 radical (unpaired) electrons. The molecule has 5 heteroatoms. The van der Waals surface area contributed by atoms with Crippen molar-refractivity contribution in [3.8, 4) is 0 Å². The number of ether oxygens (including phenoxy) is 1. The van der Waals surface area contributed by atoms with E-state index in [1.807, 2.05) is 66.7 Å². The van der Waals surface area contributed by atoms with Gasteiger partial charge in [-0.05, 0) is 47.9 Å². The van der Waals surface area contributed by atoms with Gasteiger partial charge in [-0.2, -0.15) is 0 Å². The van der Waals surface area contributed by atoms with Gasteiger partial charge in [0.2, 0.25) is 5.91 Å². The first-order valence-corrected chi connectivity index (χ1v) is 12.4. The summed E-state index contributed by atoms with van der Waals surface area (Å²) in [5.74, 6) is 0.320. The highest BCUT2D eigenvalue weighted by Gasteiger charge is 2.44. The molecule has 1 unspecified atom stereocenters. The number of rotatable bonds is 8. The van der Waals surface area contributed by atoms with Crippen molar-refractivity contribution in [3.63, 3.8) is 0 Å². The van der Waals surface area contributed by atoms with Crippen LogP contribution < -0.4 is 5.32 Å². The number of amides is 1. The molecular weight excluding hydrogens is 436 g/mol. The lowest BCUT2D eigenvalue weighted by molar-refractivity contribution is -0.151. The van der Waals surface area contributed by atoms with Crippen LogP contribution in [-0.4, -0.2) is 49.1 Å². The summed E-state index contributed by atoms with van der Waals surface area (Å²) in [5.41, 5.74) is 3.24. The fraction of sp³-hybridized carbons (Fsp3) is 0.333. The minimum atomic E-state index is -0.580. The van der Waals surface area contributed by atoms with Crippen LogP contribution in [0.4, 0.5) is 0 Å². The lowest BCUT2D eigenvalue weighted by Gasteiger charge is -2.28. The quantitative estimate of drug-likeness (QED) is 0.499. The van der Waals surface area contributed by atoms with E-state index in [4.69, 9.17) is 4.74 Å². The van der Waals surface area contributed by atoms with Gasteiger partial charge < -0.3 is 15.0 Å². The minimum Gasteiger partial charge on any atom is -0.467 e. The molecule has 35 heavy (non-hydrogen) atoms. The Bertz CT molecular complexity index is 1100. The van der Waals surface area contributed by atoms with E-state index < -0.39 is 12.0 Å². The molecule has 3 aromatic carbocycles. The normalized spacial score (nSPS) is 23.3. The van der Waals surface area contributed by atoms with E-state index in [1.165, 1.54) is 19.1 Å². The monoisotopic (exact) mass is 468 g/mol. The zero-order chi connectivity index (χ0) is 24.2. The zero-order valence-corrected chi connectivity index (χ0v) is 20.0. The van der Waals surface area contributed by atoms with Crippen LogP contribution in [0.15, 0.2) is 91.0 Å². The van der Waals surface area contributed by atoms with E-state index >= 15 is 0 Å². The van der Waals surface area contributed by atoms with E-state index in [2.05, 4.69) is 29.6 Å². The minimum absolute atomic E-state index is 0.0596. The van der Waals surface area contributed by atoms with Gasteiger partial charge in [-0.1, -0.05) is 91.0 Å². The summed E-state index contributed by atoms with van der Waals surface area (Å²) in [6.45, 7) is 1.39. The molecule has 2 fully saturated rings. The molecular formula is C30H32N2O3. The highest BCUT2D eigenvalue weighted by Crippen LogP contribution is 2.47. The van der Waals surface area contributed by atoms with E-state index in [1.54, 1.807) is 4.90 Å². The molecule has 180 valence electrons. The first-order chi connectivity index (χ1) is 17.2. The second kappa shape index (κ2) is 10.4. The summed E-state index contributed by atoms with van der Waals surface area (Å²) < 4.78 is 5.11. The smallest absolute Gasteiger partial charge is 0.328 e. The zero-order valence-electron chi connectivity index (χ0n) is 20.0. The van der Waals surface area contributed by atoms with Crippen LogP contribution in [0.25, 0.3) is 0 Å². The molecule has 1 saturated carbocycles. The first-order valence-electron chi connectivity index (χ1n) is 12.4.